The van der Waals surface area contributed by atoms with Crippen molar-refractivity contribution in [2.45, 2.75) is 6.92 Å². The number of H-pyrrole nitrogens is 1. The maximum Gasteiger partial charge on any atom is 0.374 e. The van der Waals surface area contributed by atoms with Gasteiger partial charge in [0, 0.05) is 5.69 Å². The normalized spacial score (nSPS) is 10.7. The number of nitrogen functional groups attached to an aromatic ring is 1. The highest BCUT2D eigenvalue weighted by atomic mass is 16.4. The highest BCUT2D eigenvalue weighted by Gasteiger charge is 2.11. The lowest BCUT2D eigenvalue weighted by atomic mass is 10.3. The van der Waals surface area contributed by atoms with Gasteiger partial charge in [0.2, 0.25) is 17.7 Å². The number of benzene rings is 1. The molecule has 1 aromatic carbocycles. The van der Waals surface area contributed by atoms with Crippen LogP contribution in [-0.2, 0) is 0 Å². The van der Waals surface area contributed by atoms with Gasteiger partial charge in [0.1, 0.15) is 5.82 Å². The Bertz CT molecular complexity index is 843. The Morgan fingerprint density at radius 2 is 2.10 bits per heavy atom. The average molecular weight is 285 g/mol. The van der Waals surface area contributed by atoms with E-state index in [1.807, 2.05) is 13.0 Å². The molecule has 3 rings (SSSR count). The molecule has 0 aliphatic rings. The molecular formula is C12H11N7O2. The van der Waals surface area contributed by atoms with E-state index in [9.17, 15) is 4.79 Å². The molecule has 9 nitrogen and oxygen atoms in total. The Hall–Kier alpha value is -3.23. The molecule has 106 valence electrons. The second-order valence-electron chi connectivity index (χ2n) is 4.33. The molecule has 2 aromatic heterocycles. The van der Waals surface area contributed by atoms with Crippen LogP contribution in [0.4, 0.5) is 17.6 Å². The third kappa shape index (κ3) is 2.56. The lowest BCUT2D eigenvalue weighted by Gasteiger charge is -2.05. The molecule has 0 aliphatic heterocycles. The number of carboxylic acid groups (broad SMARTS) is 1. The number of nitrogens with zero attached hydrogens (tertiary/aromatic N) is 4. The molecule has 0 spiro atoms. The average Bonchev–Trinajstić information content (AvgIpc) is 2.77. The molecule has 0 saturated carbocycles. The Balaban J connectivity index is 1.95. The smallest absolute Gasteiger partial charge is 0.374 e. The predicted molar refractivity (Wildman–Crippen MR) is 75.3 cm³/mol. The van der Waals surface area contributed by atoms with Crippen molar-refractivity contribution >= 4 is 34.6 Å². The lowest BCUT2D eigenvalue weighted by molar-refractivity contribution is 0.0683. The maximum atomic E-state index is 10.9. The number of aromatic carboxylic acids is 1. The molecule has 2 heterocycles. The van der Waals surface area contributed by atoms with Crippen LogP contribution in [0.15, 0.2) is 18.2 Å². The summed E-state index contributed by atoms with van der Waals surface area (Å²) in [6.07, 6.45) is 0. The molecule has 0 bridgehead atoms. The van der Waals surface area contributed by atoms with Crippen LogP contribution in [0.5, 0.6) is 0 Å². The summed E-state index contributed by atoms with van der Waals surface area (Å²) in [5.74, 6) is -0.986. The van der Waals surface area contributed by atoms with Crippen LogP contribution in [0.2, 0.25) is 0 Å². The number of hydrogen-bond acceptors (Lipinski definition) is 7. The summed E-state index contributed by atoms with van der Waals surface area (Å²) in [5, 5.41) is 11.8. The third-order valence-corrected chi connectivity index (χ3v) is 2.70. The molecule has 0 saturated heterocycles. The second-order valence-corrected chi connectivity index (χ2v) is 4.33. The first-order valence-corrected chi connectivity index (χ1v) is 5.99. The molecule has 9 heteroatoms. The Morgan fingerprint density at radius 3 is 2.86 bits per heavy atom. The number of carbonyl (C=O) groups is 1. The topological polar surface area (TPSA) is 143 Å². The van der Waals surface area contributed by atoms with Gasteiger partial charge in [0.05, 0.1) is 11.0 Å². The van der Waals surface area contributed by atoms with Crippen LogP contribution in [0.25, 0.3) is 11.0 Å². The lowest BCUT2D eigenvalue weighted by Crippen LogP contribution is -2.11. The number of carboxylic acids is 1. The van der Waals surface area contributed by atoms with Crippen molar-refractivity contribution in [3.63, 3.8) is 0 Å². The van der Waals surface area contributed by atoms with Crippen LogP contribution in [0, 0.1) is 6.92 Å². The summed E-state index contributed by atoms with van der Waals surface area (Å²) >= 11 is 0. The van der Waals surface area contributed by atoms with Gasteiger partial charge in [-0.3, -0.25) is 0 Å². The number of imidazole rings is 1. The van der Waals surface area contributed by atoms with Crippen LogP contribution in [0.3, 0.4) is 0 Å². The van der Waals surface area contributed by atoms with Crippen LogP contribution in [-0.4, -0.2) is 36.0 Å². The summed E-state index contributed by atoms with van der Waals surface area (Å²) in [6, 6.07) is 5.43. The minimum atomic E-state index is -1.27. The predicted octanol–water partition coefficient (Wildman–Crippen LogP) is 1.08. The van der Waals surface area contributed by atoms with E-state index in [1.54, 1.807) is 12.1 Å². The quantitative estimate of drug-likeness (QED) is 0.559. The van der Waals surface area contributed by atoms with E-state index in [0.717, 1.165) is 16.9 Å². The van der Waals surface area contributed by atoms with Gasteiger partial charge >= 0.3 is 5.97 Å². The number of hydrogen-bond donors (Lipinski definition) is 4. The van der Waals surface area contributed by atoms with E-state index in [-0.39, 0.29) is 11.9 Å². The molecule has 0 radical (unpaired) electrons. The van der Waals surface area contributed by atoms with Crippen molar-refractivity contribution in [2.75, 3.05) is 11.1 Å². The minimum Gasteiger partial charge on any atom is -0.475 e. The van der Waals surface area contributed by atoms with Gasteiger partial charge in [-0.1, -0.05) is 0 Å². The van der Waals surface area contributed by atoms with Crippen molar-refractivity contribution < 1.29 is 9.90 Å². The summed E-state index contributed by atoms with van der Waals surface area (Å²) in [5.41, 5.74) is 7.80. The first kappa shape index (κ1) is 12.8. The number of aryl methyl sites for hydroxylation is 1. The minimum absolute atomic E-state index is 0.0616. The highest BCUT2D eigenvalue weighted by molar-refractivity contribution is 5.84. The number of nitrogens with one attached hydrogen (secondary N) is 2. The van der Waals surface area contributed by atoms with Gasteiger partial charge in [0.15, 0.2) is 0 Å². The van der Waals surface area contributed by atoms with Crippen molar-refractivity contribution in [3.05, 3.63) is 29.8 Å². The monoisotopic (exact) mass is 285 g/mol. The van der Waals surface area contributed by atoms with Gasteiger partial charge in [-0.15, -0.1) is 0 Å². The Morgan fingerprint density at radius 1 is 1.29 bits per heavy atom. The molecule has 0 amide bonds. The number of aromatic nitrogens is 5. The summed E-state index contributed by atoms with van der Waals surface area (Å²) in [6.45, 7) is 1.86. The number of fused-ring (bicyclic) bond motifs is 1. The van der Waals surface area contributed by atoms with Gasteiger partial charge in [-0.05, 0) is 25.1 Å². The van der Waals surface area contributed by atoms with E-state index >= 15 is 0 Å². The molecule has 0 aliphatic carbocycles. The van der Waals surface area contributed by atoms with Gasteiger partial charge in [-0.25, -0.2) is 9.78 Å². The van der Waals surface area contributed by atoms with E-state index in [1.165, 1.54) is 0 Å². The molecule has 0 atom stereocenters. The van der Waals surface area contributed by atoms with Crippen LogP contribution >= 0.6 is 0 Å². The first-order chi connectivity index (χ1) is 10.0. The maximum absolute atomic E-state index is 10.9. The molecule has 21 heavy (non-hydrogen) atoms. The molecule has 0 fully saturated rings. The van der Waals surface area contributed by atoms with Crippen molar-refractivity contribution in [1.29, 1.82) is 0 Å². The van der Waals surface area contributed by atoms with Crippen LogP contribution < -0.4 is 11.1 Å². The van der Waals surface area contributed by atoms with Crippen LogP contribution in [0.1, 0.15) is 16.4 Å². The van der Waals surface area contributed by atoms with Crippen molar-refractivity contribution in [3.8, 4) is 0 Å². The summed E-state index contributed by atoms with van der Waals surface area (Å²) in [7, 11) is 0. The fourth-order valence-electron chi connectivity index (χ4n) is 1.88. The zero-order valence-corrected chi connectivity index (χ0v) is 11.0. The third-order valence-electron chi connectivity index (χ3n) is 2.70. The number of nitrogens with two attached hydrogens (primary N) is 1. The first-order valence-electron chi connectivity index (χ1n) is 5.99. The zero-order chi connectivity index (χ0) is 15.0. The van der Waals surface area contributed by atoms with E-state index in [2.05, 4.69) is 30.2 Å². The Labute approximate surface area is 118 Å². The standard InChI is InChI=1S/C12H11N7O2/c1-5-14-7-3-2-6(4-8(7)15-5)16-12-18-9(10(20)21)17-11(13)19-12/h2-4H,1H3,(H,14,15)(H,20,21)(H3,13,16,17,18,19). The zero-order valence-electron chi connectivity index (χ0n) is 11.0. The Kier molecular flexibility index (Phi) is 2.87. The highest BCUT2D eigenvalue weighted by Crippen LogP contribution is 2.19. The molecule has 5 N–H and O–H groups in total. The van der Waals surface area contributed by atoms with Gasteiger partial charge < -0.3 is 21.1 Å². The molecular weight excluding hydrogens is 274 g/mol. The summed E-state index contributed by atoms with van der Waals surface area (Å²) < 4.78 is 0. The SMILES string of the molecule is Cc1nc2cc(Nc3nc(N)nc(C(=O)O)n3)ccc2[nH]1. The van der Waals surface area contributed by atoms with E-state index in [0.29, 0.717) is 5.69 Å². The van der Waals surface area contributed by atoms with Crippen molar-refractivity contribution in [2.24, 2.45) is 0 Å². The number of aromatic amines is 1. The summed E-state index contributed by atoms with van der Waals surface area (Å²) in [4.78, 5) is 29.5. The fourth-order valence-corrected chi connectivity index (χ4v) is 1.88. The van der Waals surface area contributed by atoms with Gasteiger partial charge in [-0.2, -0.15) is 15.0 Å². The number of rotatable bonds is 3. The second kappa shape index (κ2) is 4.71. The van der Waals surface area contributed by atoms with E-state index in [4.69, 9.17) is 10.8 Å². The number of anilines is 3. The van der Waals surface area contributed by atoms with Gasteiger partial charge in [0.25, 0.3) is 0 Å². The van der Waals surface area contributed by atoms with Crippen molar-refractivity contribution in [1.82, 2.24) is 24.9 Å². The fraction of sp³-hybridized carbons (Fsp3) is 0.0833. The largest absolute Gasteiger partial charge is 0.475 e. The molecule has 3 aromatic rings. The van der Waals surface area contributed by atoms with E-state index < -0.39 is 11.8 Å². The molecule has 0 unspecified atom stereocenters.